The fourth-order valence-corrected chi connectivity index (χ4v) is 2.64. The number of piperidine rings is 1. The number of hydrogen-bond acceptors (Lipinski definition) is 3. The zero-order chi connectivity index (χ0) is 13.8. The van der Waals surface area contributed by atoms with E-state index in [2.05, 4.69) is 17.3 Å². The second kappa shape index (κ2) is 6.26. The third-order valence-corrected chi connectivity index (χ3v) is 3.98. The molecule has 19 heavy (non-hydrogen) atoms. The van der Waals surface area contributed by atoms with Crippen LogP contribution in [0.1, 0.15) is 23.2 Å². The minimum atomic E-state index is -0.179. The fourth-order valence-electron chi connectivity index (χ4n) is 2.37. The number of carbonyl (C=O) groups excluding carboxylic acids is 1. The van der Waals surface area contributed by atoms with Gasteiger partial charge in [-0.05, 0) is 51.0 Å². The van der Waals surface area contributed by atoms with Crippen molar-refractivity contribution in [3.63, 3.8) is 0 Å². The monoisotopic (exact) mass is 281 g/mol. The maximum atomic E-state index is 12.1. The number of nitrogen functional groups attached to an aromatic ring is 1. The molecule has 0 aliphatic carbocycles. The Morgan fingerprint density at radius 3 is 2.79 bits per heavy atom. The van der Waals surface area contributed by atoms with E-state index in [1.807, 2.05) is 0 Å². The lowest BCUT2D eigenvalue weighted by atomic mass is 9.97. The molecule has 104 valence electrons. The number of amides is 1. The van der Waals surface area contributed by atoms with Crippen LogP contribution in [0.15, 0.2) is 18.2 Å². The van der Waals surface area contributed by atoms with Gasteiger partial charge >= 0.3 is 0 Å². The van der Waals surface area contributed by atoms with Gasteiger partial charge in [-0.3, -0.25) is 4.79 Å². The first-order chi connectivity index (χ1) is 9.08. The normalized spacial score (nSPS) is 17.4. The van der Waals surface area contributed by atoms with Gasteiger partial charge < -0.3 is 16.0 Å². The number of hydrogen-bond donors (Lipinski definition) is 2. The highest BCUT2D eigenvalue weighted by Crippen LogP contribution is 2.22. The molecule has 1 amide bonds. The van der Waals surface area contributed by atoms with Crippen LogP contribution in [0.4, 0.5) is 5.69 Å². The van der Waals surface area contributed by atoms with E-state index in [0.29, 0.717) is 28.7 Å². The van der Waals surface area contributed by atoms with Crippen LogP contribution >= 0.6 is 11.6 Å². The number of nitrogens with one attached hydrogen (secondary N) is 1. The van der Waals surface area contributed by atoms with Crippen molar-refractivity contribution in [1.29, 1.82) is 0 Å². The third-order valence-electron chi connectivity index (χ3n) is 3.66. The third kappa shape index (κ3) is 3.61. The Balaban J connectivity index is 1.91. The van der Waals surface area contributed by atoms with E-state index in [1.54, 1.807) is 18.2 Å². The van der Waals surface area contributed by atoms with Crippen LogP contribution in [0.3, 0.4) is 0 Å². The molecule has 1 aromatic carbocycles. The number of rotatable bonds is 3. The average Bonchev–Trinajstić information content (AvgIpc) is 2.38. The second-order valence-corrected chi connectivity index (χ2v) is 5.57. The van der Waals surface area contributed by atoms with Gasteiger partial charge in [0.15, 0.2) is 0 Å². The zero-order valence-corrected chi connectivity index (χ0v) is 11.9. The van der Waals surface area contributed by atoms with Gasteiger partial charge in [0.1, 0.15) is 0 Å². The minimum absolute atomic E-state index is 0.179. The van der Waals surface area contributed by atoms with Crippen LogP contribution in [0.5, 0.6) is 0 Å². The summed E-state index contributed by atoms with van der Waals surface area (Å²) in [5.74, 6) is 0.367. The van der Waals surface area contributed by atoms with E-state index in [4.69, 9.17) is 17.3 Å². The van der Waals surface area contributed by atoms with Gasteiger partial charge in [0, 0.05) is 12.2 Å². The predicted molar refractivity (Wildman–Crippen MR) is 78.4 cm³/mol. The van der Waals surface area contributed by atoms with E-state index in [1.165, 1.54) is 0 Å². The van der Waals surface area contributed by atoms with Crippen LogP contribution in [0, 0.1) is 5.92 Å². The van der Waals surface area contributed by atoms with Crippen LogP contribution in [-0.2, 0) is 0 Å². The number of likely N-dealkylation sites (tertiary alicyclic amines) is 1. The van der Waals surface area contributed by atoms with Gasteiger partial charge in [-0.15, -0.1) is 0 Å². The van der Waals surface area contributed by atoms with Crippen molar-refractivity contribution in [2.24, 2.45) is 5.92 Å². The Bertz CT molecular complexity index is 436. The Morgan fingerprint density at radius 2 is 2.16 bits per heavy atom. The van der Waals surface area contributed by atoms with Crippen molar-refractivity contribution in [1.82, 2.24) is 10.2 Å². The average molecular weight is 282 g/mol. The van der Waals surface area contributed by atoms with Crippen LogP contribution in [-0.4, -0.2) is 37.5 Å². The summed E-state index contributed by atoms with van der Waals surface area (Å²) in [6.07, 6.45) is 2.24. The van der Waals surface area contributed by atoms with Crippen molar-refractivity contribution in [3.05, 3.63) is 28.8 Å². The topological polar surface area (TPSA) is 58.4 Å². The number of nitrogens with zero attached hydrogens (tertiary/aromatic N) is 1. The quantitative estimate of drug-likeness (QED) is 0.833. The summed E-state index contributed by atoms with van der Waals surface area (Å²) in [7, 11) is 2.12. The molecule has 0 radical (unpaired) electrons. The molecule has 1 aliphatic rings. The second-order valence-electron chi connectivity index (χ2n) is 5.16. The molecular formula is C14H20ClN3O. The maximum absolute atomic E-state index is 12.1. The van der Waals surface area contributed by atoms with Crippen molar-refractivity contribution in [2.45, 2.75) is 12.8 Å². The molecule has 1 saturated heterocycles. The largest absolute Gasteiger partial charge is 0.398 e. The highest BCUT2D eigenvalue weighted by molar-refractivity contribution is 6.34. The molecule has 1 aliphatic heterocycles. The van der Waals surface area contributed by atoms with Crippen molar-refractivity contribution in [3.8, 4) is 0 Å². The fraction of sp³-hybridized carbons (Fsp3) is 0.500. The van der Waals surface area contributed by atoms with Crippen molar-refractivity contribution < 1.29 is 4.79 Å². The number of nitrogens with two attached hydrogens (primary N) is 1. The van der Waals surface area contributed by atoms with Crippen molar-refractivity contribution in [2.75, 3.05) is 32.4 Å². The molecule has 0 spiro atoms. The number of halogens is 1. The number of anilines is 1. The summed E-state index contributed by atoms with van der Waals surface area (Å²) >= 11 is 6.02. The van der Waals surface area contributed by atoms with Gasteiger partial charge in [0.05, 0.1) is 10.6 Å². The molecule has 0 aromatic heterocycles. The van der Waals surface area contributed by atoms with E-state index < -0.39 is 0 Å². The molecule has 0 atom stereocenters. The molecule has 2 rings (SSSR count). The zero-order valence-electron chi connectivity index (χ0n) is 11.2. The molecule has 0 bridgehead atoms. The first kappa shape index (κ1) is 14.2. The molecule has 1 heterocycles. The summed E-state index contributed by atoms with van der Waals surface area (Å²) < 4.78 is 0. The van der Waals surface area contributed by atoms with Crippen LogP contribution < -0.4 is 11.1 Å². The first-order valence-corrected chi connectivity index (χ1v) is 6.96. The molecule has 0 unspecified atom stereocenters. The summed E-state index contributed by atoms with van der Waals surface area (Å²) in [5, 5.41) is 3.35. The number of carbonyl (C=O) groups is 1. The molecule has 1 fully saturated rings. The molecule has 3 N–H and O–H groups in total. The first-order valence-electron chi connectivity index (χ1n) is 6.58. The van der Waals surface area contributed by atoms with E-state index >= 15 is 0 Å². The minimum Gasteiger partial charge on any atom is -0.398 e. The summed E-state index contributed by atoms with van der Waals surface area (Å²) in [6, 6.07) is 5.12. The highest BCUT2D eigenvalue weighted by atomic mass is 35.5. The smallest absolute Gasteiger partial charge is 0.254 e. The summed E-state index contributed by atoms with van der Waals surface area (Å²) in [5.41, 5.74) is 6.61. The Labute approximate surface area is 118 Å². The lowest BCUT2D eigenvalue weighted by Gasteiger charge is -2.29. The Hall–Kier alpha value is -1.26. The maximum Gasteiger partial charge on any atom is 0.254 e. The molecule has 4 nitrogen and oxygen atoms in total. The molecule has 1 aromatic rings. The Kier molecular flexibility index (Phi) is 4.66. The van der Waals surface area contributed by atoms with Crippen LogP contribution in [0.2, 0.25) is 5.02 Å². The van der Waals surface area contributed by atoms with Crippen molar-refractivity contribution >= 4 is 23.2 Å². The predicted octanol–water partition coefficient (Wildman–Crippen LogP) is 1.99. The standard InChI is InChI=1S/C14H20ClN3O/c1-18-7-5-10(6-8-18)9-17-14(19)13-11(15)3-2-4-12(13)16/h2-4,10H,5-9,16H2,1H3,(H,17,19). The van der Waals surface area contributed by atoms with Gasteiger partial charge in [0.2, 0.25) is 0 Å². The lowest BCUT2D eigenvalue weighted by Crippen LogP contribution is -2.37. The summed E-state index contributed by atoms with van der Waals surface area (Å²) in [4.78, 5) is 14.4. The summed E-state index contributed by atoms with van der Waals surface area (Å²) in [6.45, 7) is 2.88. The van der Waals surface area contributed by atoms with E-state index in [-0.39, 0.29) is 5.91 Å². The number of benzene rings is 1. The molecular weight excluding hydrogens is 262 g/mol. The Morgan fingerprint density at radius 1 is 1.47 bits per heavy atom. The van der Waals surface area contributed by atoms with E-state index in [9.17, 15) is 4.79 Å². The van der Waals surface area contributed by atoms with Gasteiger partial charge in [-0.1, -0.05) is 17.7 Å². The van der Waals surface area contributed by atoms with E-state index in [0.717, 1.165) is 25.9 Å². The van der Waals surface area contributed by atoms with Crippen LogP contribution in [0.25, 0.3) is 0 Å². The highest BCUT2D eigenvalue weighted by Gasteiger charge is 2.19. The van der Waals surface area contributed by atoms with Gasteiger partial charge in [0.25, 0.3) is 5.91 Å². The van der Waals surface area contributed by atoms with Gasteiger partial charge in [-0.25, -0.2) is 0 Å². The molecule has 0 saturated carbocycles. The SMILES string of the molecule is CN1CCC(CNC(=O)c2c(N)cccc2Cl)CC1. The lowest BCUT2D eigenvalue weighted by molar-refractivity contribution is 0.0940. The molecule has 5 heteroatoms. The van der Waals surface area contributed by atoms with Gasteiger partial charge in [-0.2, -0.15) is 0 Å².